The fourth-order valence-electron chi connectivity index (χ4n) is 4.50. The smallest absolute Gasteiger partial charge is 0.128 e. The Balaban J connectivity index is 1.40. The molecule has 1 aromatic rings. The predicted molar refractivity (Wildman–Crippen MR) is 118 cm³/mol. The first-order valence-electron chi connectivity index (χ1n) is 11.0. The van der Waals surface area contributed by atoms with E-state index in [0.29, 0.717) is 0 Å². The summed E-state index contributed by atoms with van der Waals surface area (Å²) in [5.41, 5.74) is 1.39. The van der Waals surface area contributed by atoms with E-state index in [-0.39, 0.29) is 12.2 Å². The van der Waals surface area contributed by atoms with E-state index >= 15 is 0 Å². The Kier molecular flexibility index (Phi) is 7.89. The standard InChI is InChI=1S/C23H38N2OS/c1-17(2)27-16-22-9-6-20(7-10-22)5-8-21-11-12-23(24-13-21)25-14-18(3)26-19(4)15-25/h11-13,17-20,22H,5-10,14-16H2,1-4H3/t18-,19+,20?,22?. The Bertz CT molecular complexity index is 544. The third-order valence-corrected chi connectivity index (χ3v) is 7.36. The van der Waals surface area contributed by atoms with Crippen LogP contribution in [0.4, 0.5) is 5.82 Å². The van der Waals surface area contributed by atoms with Crippen molar-refractivity contribution in [1.29, 1.82) is 0 Å². The van der Waals surface area contributed by atoms with Crippen LogP contribution in [0.15, 0.2) is 18.3 Å². The highest BCUT2D eigenvalue weighted by Gasteiger charge is 2.23. The number of thioether (sulfide) groups is 1. The van der Waals surface area contributed by atoms with E-state index in [1.54, 1.807) is 0 Å². The van der Waals surface area contributed by atoms with Crippen LogP contribution in [0.3, 0.4) is 0 Å². The molecule has 1 aliphatic heterocycles. The van der Waals surface area contributed by atoms with Crippen LogP contribution >= 0.6 is 11.8 Å². The van der Waals surface area contributed by atoms with Crippen LogP contribution in [-0.4, -0.2) is 41.3 Å². The van der Waals surface area contributed by atoms with Crippen molar-refractivity contribution in [3.05, 3.63) is 23.9 Å². The topological polar surface area (TPSA) is 25.4 Å². The van der Waals surface area contributed by atoms with Crippen molar-refractivity contribution in [1.82, 2.24) is 4.98 Å². The largest absolute Gasteiger partial charge is 0.372 e. The number of morpholine rings is 1. The summed E-state index contributed by atoms with van der Waals surface area (Å²) in [7, 11) is 0. The lowest BCUT2D eigenvalue weighted by Crippen LogP contribution is -2.45. The average Bonchev–Trinajstić information content (AvgIpc) is 2.65. The molecular weight excluding hydrogens is 352 g/mol. The van der Waals surface area contributed by atoms with Gasteiger partial charge in [0.05, 0.1) is 12.2 Å². The third-order valence-electron chi connectivity index (χ3n) is 6.03. The van der Waals surface area contributed by atoms with Gasteiger partial charge in [0.1, 0.15) is 5.82 Å². The second-order valence-electron chi connectivity index (χ2n) is 8.99. The van der Waals surface area contributed by atoms with Gasteiger partial charge in [-0.1, -0.05) is 32.8 Å². The van der Waals surface area contributed by atoms with Gasteiger partial charge in [0.25, 0.3) is 0 Å². The number of rotatable bonds is 7. The summed E-state index contributed by atoms with van der Waals surface area (Å²) < 4.78 is 5.83. The van der Waals surface area contributed by atoms with E-state index in [0.717, 1.165) is 36.0 Å². The Morgan fingerprint density at radius 3 is 2.33 bits per heavy atom. The molecular formula is C23H38N2OS. The summed E-state index contributed by atoms with van der Waals surface area (Å²) in [4.78, 5) is 7.12. The number of aromatic nitrogens is 1. The molecule has 1 saturated heterocycles. The highest BCUT2D eigenvalue weighted by atomic mass is 32.2. The molecule has 0 unspecified atom stereocenters. The number of nitrogens with zero attached hydrogens (tertiary/aromatic N) is 2. The maximum Gasteiger partial charge on any atom is 0.128 e. The summed E-state index contributed by atoms with van der Waals surface area (Å²) in [6.45, 7) is 10.8. The second-order valence-corrected chi connectivity index (χ2v) is 10.6. The normalized spacial score (nSPS) is 29.3. The first-order valence-corrected chi connectivity index (χ1v) is 12.0. The zero-order chi connectivity index (χ0) is 19.2. The van der Waals surface area contributed by atoms with Crippen LogP contribution in [0.5, 0.6) is 0 Å². The predicted octanol–water partition coefficient (Wildman–Crippen LogP) is 5.58. The van der Waals surface area contributed by atoms with Gasteiger partial charge in [0.15, 0.2) is 0 Å². The first kappa shape index (κ1) is 21.0. The van der Waals surface area contributed by atoms with Gasteiger partial charge in [0, 0.05) is 19.3 Å². The minimum Gasteiger partial charge on any atom is -0.372 e. The quantitative estimate of drug-likeness (QED) is 0.607. The zero-order valence-corrected chi connectivity index (χ0v) is 18.5. The molecule has 3 rings (SSSR count). The van der Waals surface area contributed by atoms with Crippen molar-refractivity contribution < 1.29 is 4.74 Å². The third kappa shape index (κ3) is 6.67. The maximum atomic E-state index is 5.83. The van der Waals surface area contributed by atoms with Crippen molar-refractivity contribution in [2.45, 2.75) is 83.7 Å². The fraction of sp³-hybridized carbons (Fsp3) is 0.783. The lowest BCUT2D eigenvalue weighted by Gasteiger charge is -2.36. The summed E-state index contributed by atoms with van der Waals surface area (Å²) in [5.74, 6) is 4.36. The van der Waals surface area contributed by atoms with E-state index in [1.807, 2.05) is 0 Å². The molecule has 2 fully saturated rings. The summed E-state index contributed by atoms with van der Waals surface area (Å²) in [6.07, 6.45) is 10.9. The van der Waals surface area contributed by atoms with E-state index in [9.17, 15) is 0 Å². The van der Waals surface area contributed by atoms with Crippen molar-refractivity contribution in [2.75, 3.05) is 23.7 Å². The molecule has 0 aromatic carbocycles. The number of hydrogen-bond donors (Lipinski definition) is 0. The van der Waals surface area contributed by atoms with Gasteiger partial charge in [-0.25, -0.2) is 4.98 Å². The van der Waals surface area contributed by atoms with Gasteiger partial charge < -0.3 is 9.64 Å². The second kappa shape index (κ2) is 10.2. The minimum absolute atomic E-state index is 0.282. The van der Waals surface area contributed by atoms with Crippen molar-refractivity contribution in [2.24, 2.45) is 11.8 Å². The van der Waals surface area contributed by atoms with Gasteiger partial charge in [-0.15, -0.1) is 0 Å². The molecule has 3 nitrogen and oxygen atoms in total. The van der Waals surface area contributed by atoms with Crippen molar-refractivity contribution in [3.8, 4) is 0 Å². The lowest BCUT2D eigenvalue weighted by atomic mass is 9.80. The van der Waals surface area contributed by atoms with E-state index in [2.05, 4.69) is 62.7 Å². The Morgan fingerprint density at radius 2 is 1.74 bits per heavy atom. The highest BCUT2D eigenvalue weighted by Crippen LogP contribution is 2.34. The van der Waals surface area contributed by atoms with Gasteiger partial charge >= 0.3 is 0 Å². The Hall–Kier alpha value is -0.740. The molecule has 0 radical (unpaired) electrons. The zero-order valence-electron chi connectivity index (χ0n) is 17.7. The number of anilines is 1. The highest BCUT2D eigenvalue weighted by molar-refractivity contribution is 7.99. The number of pyridine rings is 1. The SMILES string of the molecule is CC(C)SCC1CCC(CCc2ccc(N3C[C@@H](C)O[C@@H](C)C3)nc2)CC1. The molecule has 0 N–H and O–H groups in total. The van der Waals surface area contributed by atoms with Crippen LogP contribution in [0, 0.1) is 11.8 Å². The molecule has 2 heterocycles. The summed E-state index contributed by atoms with van der Waals surface area (Å²) in [5, 5.41) is 0.780. The Morgan fingerprint density at radius 1 is 1.07 bits per heavy atom. The number of ether oxygens (including phenoxy) is 1. The molecule has 1 aliphatic carbocycles. The molecule has 0 spiro atoms. The lowest BCUT2D eigenvalue weighted by molar-refractivity contribution is -0.00545. The van der Waals surface area contributed by atoms with E-state index < -0.39 is 0 Å². The Labute approximate surface area is 170 Å². The molecule has 2 atom stereocenters. The van der Waals surface area contributed by atoms with E-state index in [4.69, 9.17) is 9.72 Å². The summed E-state index contributed by atoms with van der Waals surface area (Å²) >= 11 is 2.14. The van der Waals surface area contributed by atoms with E-state index in [1.165, 1.54) is 49.8 Å². The van der Waals surface area contributed by atoms with Gasteiger partial charge in [0.2, 0.25) is 0 Å². The van der Waals surface area contributed by atoms with Gasteiger partial charge in [-0.2, -0.15) is 11.8 Å². The minimum atomic E-state index is 0.282. The molecule has 152 valence electrons. The molecule has 0 bridgehead atoms. The molecule has 27 heavy (non-hydrogen) atoms. The fourth-order valence-corrected chi connectivity index (χ4v) is 5.49. The first-order chi connectivity index (χ1) is 13.0. The molecule has 1 saturated carbocycles. The van der Waals surface area contributed by atoms with Crippen LogP contribution < -0.4 is 4.90 Å². The molecule has 0 amide bonds. The molecule has 1 aromatic heterocycles. The maximum absolute atomic E-state index is 5.83. The summed E-state index contributed by atoms with van der Waals surface area (Å²) in [6, 6.07) is 4.50. The number of aryl methyl sites for hydroxylation is 1. The van der Waals surface area contributed by atoms with Crippen molar-refractivity contribution >= 4 is 17.6 Å². The van der Waals surface area contributed by atoms with Gasteiger partial charge in [-0.05, 0) is 74.0 Å². The number of hydrogen-bond acceptors (Lipinski definition) is 4. The van der Waals surface area contributed by atoms with Gasteiger partial charge in [-0.3, -0.25) is 0 Å². The van der Waals surface area contributed by atoms with Crippen LogP contribution in [0.1, 0.15) is 65.4 Å². The van der Waals surface area contributed by atoms with Crippen LogP contribution in [0.25, 0.3) is 0 Å². The molecule has 2 aliphatic rings. The average molecular weight is 391 g/mol. The molecule has 4 heteroatoms. The monoisotopic (exact) mass is 390 g/mol. The van der Waals surface area contributed by atoms with Crippen LogP contribution in [0.2, 0.25) is 0 Å². The van der Waals surface area contributed by atoms with Crippen molar-refractivity contribution in [3.63, 3.8) is 0 Å². The van der Waals surface area contributed by atoms with Crippen LogP contribution in [-0.2, 0) is 11.2 Å².